The number of ether oxygens (including phenoxy) is 1. The van der Waals surface area contributed by atoms with Gasteiger partial charge in [0.1, 0.15) is 0 Å². The fourth-order valence-corrected chi connectivity index (χ4v) is 1.43. The van der Waals surface area contributed by atoms with Crippen LogP contribution in [0.5, 0.6) is 0 Å². The number of aryl methyl sites for hydroxylation is 2. The summed E-state index contributed by atoms with van der Waals surface area (Å²) in [6.07, 6.45) is 7.22. The van der Waals surface area contributed by atoms with Gasteiger partial charge in [-0.1, -0.05) is 0 Å². The van der Waals surface area contributed by atoms with E-state index in [0.29, 0.717) is 11.1 Å². The minimum absolute atomic E-state index is 0.346. The van der Waals surface area contributed by atoms with Gasteiger partial charge in [-0.05, 0) is 37.1 Å². The topological polar surface area (TPSA) is 69.2 Å². The fourth-order valence-electron chi connectivity index (χ4n) is 1.43. The number of methoxy groups -OCH3 is 1. The van der Waals surface area contributed by atoms with Crippen LogP contribution in [0.2, 0.25) is 0 Å². The largest absolute Gasteiger partial charge is 0.465 e. The van der Waals surface area contributed by atoms with Crippen molar-refractivity contribution in [2.75, 3.05) is 7.11 Å². The Morgan fingerprint density at radius 3 is 2.10 bits per heavy atom. The Hall–Kier alpha value is -2.56. The summed E-state index contributed by atoms with van der Waals surface area (Å²) >= 11 is 0. The Labute approximate surface area is 117 Å². The molecule has 0 radical (unpaired) electrons. The molecule has 0 atom stereocenters. The molecule has 5 nitrogen and oxygen atoms in total. The lowest BCUT2D eigenvalue weighted by Crippen LogP contribution is -2.01. The number of esters is 1. The van der Waals surface area contributed by atoms with Crippen molar-refractivity contribution < 1.29 is 14.3 Å². The third kappa shape index (κ3) is 4.97. The molecule has 2 aromatic heterocycles. The highest BCUT2D eigenvalue weighted by Gasteiger charge is 2.03. The zero-order valence-corrected chi connectivity index (χ0v) is 11.7. The van der Waals surface area contributed by atoms with Crippen LogP contribution in [0.3, 0.4) is 0 Å². The van der Waals surface area contributed by atoms with Crippen LogP contribution >= 0.6 is 0 Å². The SMILES string of the molecule is COC(=O)c1cncc(C)c1.Cc1cncc(C=O)c1. The van der Waals surface area contributed by atoms with Crippen molar-refractivity contribution in [3.8, 4) is 0 Å². The number of rotatable bonds is 2. The van der Waals surface area contributed by atoms with Gasteiger partial charge < -0.3 is 4.74 Å². The van der Waals surface area contributed by atoms with Gasteiger partial charge in [-0.3, -0.25) is 14.8 Å². The highest BCUT2D eigenvalue weighted by atomic mass is 16.5. The molecule has 0 aliphatic carbocycles. The van der Waals surface area contributed by atoms with Crippen LogP contribution < -0.4 is 0 Å². The molecule has 0 aromatic carbocycles. The van der Waals surface area contributed by atoms with Gasteiger partial charge in [-0.25, -0.2) is 4.79 Å². The first kappa shape index (κ1) is 15.5. The first-order valence-electron chi connectivity index (χ1n) is 5.93. The van der Waals surface area contributed by atoms with Crippen molar-refractivity contribution in [2.45, 2.75) is 13.8 Å². The smallest absolute Gasteiger partial charge is 0.339 e. The third-order valence-electron chi connectivity index (χ3n) is 2.33. The quantitative estimate of drug-likeness (QED) is 0.620. The number of aromatic nitrogens is 2. The zero-order valence-electron chi connectivity index (χ0n) is 11.7. The minimum atomic E-state index is -0.346. The van der Waals surface area contributed by atoms with Gasteiger partial charge in [0.05, 0.1) is 12.7 Å². The predicted octanol–water partition coefficient (Wildman–Crippen LogP) is 2.38. The van der Waals surface area contributed by atoms with Crippen molar-refractivity contribution in [1.29, 1.82) is 0 Å². The molecule has 0 spiro atoms. The second kappa shape index (κ2) is 7.78. The van der Waals surface area contributed by atoms with Crippen LogP contribution in [0.15, 0.2) is 36.9 Å². The van der Waals surface area contributed by atoms with Gasteiger partial charge in [0.25, 0.3) is 0 Å². The Morgan fingerprint density at radius 2 is 1.65 bits per heavy atom. The highest BCUT2D eigenvalue weighted by Crippen LogP contribution is 2.01. The van der Waals surface area contributed by atoms with Gasteiger partial charge in [-0.15, -0.1) is 0 Å². The molecule has 0 aliphatic rings. The number of hydrogen-bond donors (Lipinski definition) is 0. The van der Waals surface area contributed by atoms with E-state index in [1.165, 1.54) is 13.3 Å². The number of aldehydes is 1. The van der Waals surface area contributed by atoms with Crippen LogP contribution in [-0.4, -0.2) is 29.3 Å². The molecule has 0 saturated carbocycles. The average Bonchev–Trinajstić information content (AvgIpc) is 2.47. The Bertz CT molecular complexity index is 597. The Balaban J connectivity index is 0.000000204. The lowest BCUT2D eigenvalue weighted by molar-refractivity contribution is 0.0600. The van der Waals surface area contributed by atoms with E-state index in [-0.39, 0.29) is 5.97 Å². The van der Waals surface area contributed by atoms with Crippen molar-refractivity contribution in [1.82, 2.24) is 9.97 Å². The summed E-state index contributed by atoms with van der Waals surface area (Å²) in [5.74, 6) is -0.346. The lowest BCUT2D eigenvalue weighted by atomic mass is 10.2. The monoisotopic (exact) mass is 272 g/mol. The summed E-state index contributed by atoms with van der Waals surface area (Å²) < 4.78 is 4.51. The Kier molecular flexibility index (Phi) is 6.03. The van der Waals surface area contributed by atoms with Gasteiger partial charge in [-0.2, -0.15) is 0 Å². The summed E-state index contributed by atoms with van der Waals surface area (Å²) in [5, 5.41) is 0. The third-order valence-corrected chi connectivity index (χ3v) is 2.33. The number of carbonyl (C=O) groups excluding carboxylic acids is 2. The molecule has 0 saturated heterocycles. The summed E-state index contributed by atoms with van der Waals surface area (Å²) in [6, 6.07) is 3.53. The molecule has 0 N–H and O–H groups in total. The van der Waals surface area contributed by atoms with Crippen molar-refractivity contribution in [2.24, 2.45) is 0 Å². The molecule has 2 rings (SSSR count). The van der Waals surface area contributed by atoms with E-state index in [2.05, 4.69) is 14.7 Å². The van der Waals surface area contributed by atoms with Crippen molar-refractivity contribution >= 4 is 12.3 Å². The molecule has 2 heterocycles. The highest BCUT2D eigenvalue weighted by molar-refractivity contribution is 5.89. The molecule has 104 valence electrons. The van der Waals surface area contributed by atoms with Gasteiger partial charge >= 0.3 is 5.97 Å². The standard InChI is InChI=1S/C8H9NO2.C7H7NO/c1-6-3-7(5-9-4-6)8(10)11-2;1-6-2-7(5-9)4-8-3-6/h3-5H,1-2H3;2-5H,1H3. The zero-order chi connectivity index (χ0) is 15.0. The van der Waals surface area contributed by atoms with E-state index in [1.54, 1.807) is 30.7 Å². The first-order chi connectivity index (χ1) is 9.56. The average molecular weight is 272 g/mol. The summed E-state index contributed by atoms with van der Waals surface area (Å²) in [6.45, 7) is 3.78. The fraction of sp³-hybridized carbons (Fsp3) is 0.200. The molecule has 0 aliphatic heterocycles. The van der Waals surface area contributed by atoms with E-state index in [4.69, 9.17) is 0 Å². The maximum atomic E-state index is 10.9. The number of pyridine rings is 2. The van der Waals surface area contributed by atoms with Gasteiger partial charge in [0, 0.05) is 30.4 Å². The maximum Gasteiger partial charge on any atom is 0.339 e. The molecule has 0 amide bonds. The predicted molar refractivity (Wildman–Crippen MR) is 74.7 cm³/mol. The molecule has 0 fully saturated rings. The molecule has 20 heavy (non-hydrogen) atoms. The molecule has 0 bridgehead atoms. The van der Waals surface area contributed by atoms with Crippen LogP contribution in [0.4, 0.5) is 0 Å². The van der Waals surface area contributed by atoms with Crippen LogP contribution in [0, 0.1) is 13.8 Å². The van der Waals surface area contributed by atoms with Crippen LogP contribution in [0.1, 0.15) is 31.8 Å². The van der Waals surface area contributed by atoms with Crippen LogP contribution in [-0.2, 0) is 4.74 Å². The first-order valence-corrected chi connectivity index (χ1v) is 5.93. The molecule has 2 aromatic rings. The van der Waals surface area contributed by atoms with Gasteiger partial charge in [0.2, 0.25) is 0 Å². The van der Waals surface area contributed by atoms with E-state index in [1.807, 2.05) is 13.8 Å². The minimum Gasteiger partial charge on any atom is -0.465 e. The summed E-state index contributed by atoms with van der Waals surface area (Å²) in [7, 11) is 1.35. The molecule has 0 unspecified atom stereocenters. The van der Waals surface area contributed by atoms with E-state index in [9.17, 15) is 9.59 Å². The number of hydrogen-bond acceptors (Lipinski definition) is 5. The lowest BCUT2D eigenvalue weighted by Gasteiger charge is -1.97. The molecule has 5 heteroatoms. The number of carbonyl (C=O) groups is 2. The van der Waals surface area contributed by atoms with E-state index >= 15 is 0 Å². The second-order valence-electron chi connectivity index (χ2n) is 4.16. The normalized spacial score (nSPS) is 9.15. The van der Waals surface area contributed by atoms with E-state index in [0.717, 1.165) is 17.4 Å². The maximum absolute atomic E-state index is 10.9. The van der Waals surface area contributed by atoms with Crippen LogP contribution in [0.25, 0.3) is 0 Å². The second-order valence-corrected chi connectivity index (χ2v) is 4.16. The summed E-state index contributed by atoms with van der Waals surface area (Å²) in [5.41, 5.74) is 3.09. The Morgan fingerprint density at radius 1 is 1.05 bits per heavy atom. The number of nitrogens with zero attached hydrogens (tertiary/aromatic N) is 2. The summed E-state index contributed by atoms with van der Waals surface area (Å²) in [4.78, 5) is 28.7. The molecular formula is C15H16N2O3. The molecular weight excluding hydrogens is 256 g/mol. The van der Waals surface area contributed by atoms with E-state index < -0.39 is 0 Å². The van der Waals surface area contributed by atoms with Crippen molar-refractivity contribution in [3.63, 3.8) is 0 Å². The van der Waals surface area contributed by atoms with Crippen molar-refractivity contribution in [3.05, 3.63) is 59.2 Å². The van der Waals surface area contributed by atoms with Gasteiger partial charge in [0.15, 0.2) is 6.29 Å².